The van der Waals surface area contributed by atoms with Gasteiger partial charge in [-0.3, -0.25) is 9.69 Å². The van der Waals surface area contributed by atoms with Crippen LogP contribution in [0.25, 0.3) is 22.9 Å². The summed E-state index contributed by atoms with van der Waals surface area (Å²) in [7, 11) is 0. The Labute approximate surface area is 206 Å². The molecule has 0 unspecified atom stereocenters. The summed E-state index contributed by atoms with van der Waals surface area (Å²) in [6.45, 7) is 17.1. The highest BCUT2D eigenvalue weighted by molar-refractivity contribution is 5.95. The van der Waals surface area contributed by atoms with Crippen LogP contribution in [0.1, 0.15) is 56.8 Å². The van der Waals surface area contributed by atoms with Crippen LogP contribution in [0.4, 0.5) is 0 Å². The Hall–Kier alpha value is -3.20. The van der Waals surface area contributed by atoms with Crippen molar-refractivity contribution in [3.8, 4) is 28.7 Å². The van der Waals surface area contributed by atoms with Gasteiger partial charge in [-0.05, 0) is 59.7 Å². The van der Waals surface area contributed by atoms with Gasteiger partial charge >= 0.3 is 0 Å². The average molecular weight is 478 g/mol. The lowest BCUT2D eigenvalue weighted by Gasteiger charge is -2.42. The molecule has 0 N–H and O–H groups in total. The fraction of sp³-hybridized carbons (Fsp3) is 0.538. The molecule has 0 spiro atoms. The largest absolute Gasteiger partial charge is 0.491 e. The Bertz CT molecular complexity index is 1240. The van der Waals surface area contributed by atoms with E-state index in [0.29, 0.717) is 24.5 Å². The van der Waals surface area contributed by atoms with Crippen molar-refractivity contribution >= 4 is 5.91 Å². The molecule has 0 bridgehead atoms. The summed E-state index contributed by atoms with van der Waals surface area (Å²) in [6.07, 6.45) is 2.02. The van der Waals surface area contributed by atoms with Crippen LogP contribution < -0.4 is 4.74 Å². The topological polar surface area (TPSA) is 81.3 Å². The molecule has 4 heterocycles. The highest BCUT2D eigenvalue weighted by atomic mass is 16.5. The first kappa shape index (κ1) is 23.5. The van der Waals surface area contributed by atoms with Gasteiger partial charge in [0.2, 0.25) is 0 Å². The van der Waals surface area contributed by atoms with Crippen LogP contribution in [-0.2, 0) is 6.54 Å². The molecule has 9 nitrogen and oxygen atoms in total. The van der Waals surface area contributed by atoms with Gasteiger partial charge in [0.25, 0.3) is 5.91 Å². The van der Waals surface area contributed by atoms with E-state index >= 15 is 0 Å². The SMILES string of the molecule is Cc1nc(-c2cn3c(n2)-c2ccc(C(=O)N4CCN(C(C)(C)C)CC4)cc2OCC3)n(C(C)C)n1. The summed E-state index contributed by atoms with van der Waals surface area (Å²) in [5.74, 6) is 3.07. The molecule has 2 aromatic heterocycles. The summed E-state index contributed by atoms with van der Waals surface area (Å²) >= 11 is 0. The maximum absolute atomic E-state index is 13.3. The molecule has 1 saturated heterocycles. The molecule has 2 aliphatic rings. The number of rotatable bonds is 3. The van der Waals surface area contributed by atoms with Crippen molar-refractivity contribution in [2.24, 2.45) is 0 Å². The van der Waals surface area contributed by atoms with Crippen molar-refractivity contribution in [2.75, 3.05) is 32.8 Å². The number of hydrogen-bond acceptors (Lipinski definition) is 6. The second-order valence-corrected chi connectivity index (χ2v) is 10.7. The lowest BCUT2D eigenvalue weighted by atomic mass is 10.0. The molecule has 1 aromatic carbocycles. The molecule has 0 atom stereocenters. The van der Waals surface area contributed by atoms with Crippen molar-refractivity contribution in [1.29, 1.82) is 0 Å². The average Bonchev–Trinajstić information content (AvgIpc) is 3.37. The van der Waals surface area contributed by atoms with Crippen molar-refractivity contribution in [3.63, 3.8) is 0 Å². The van der Waals surface area contributed by atoms with Crippen LogP contribution in [0.15, 0.2) is 24.4 Å². The number of carbonyl (C=O) groups is 1. The summed E-state index contributed by atoms with van der Waals surface area (Å²) in [5.41, 5.74) is 2.45. The van der Waals surface area contributed by atoms with E-state index in [9.17, 15) is 4.79 Å². The molecule has 1 fully saturated rings. The van der Waals surface area contributed by atoms with Gasteiger partial charge in [0.1, 0.15) is 29.7 Å². The van der Waals surface area contributed by atoms with Crippen LogP contribution >= 0.6 is 0 Å². The molecule has 0 saturated carbocycles. The fourth-order valence-corrected chi connectivity index (χ4v) is 4.85. The lowest BCUT2D eigenvalue weighted by Crippen LogP contribution is -2.54. The summed E-state index contributed by atoms with van der Waals surface area (Å²) < 4.78 is 10.1. The number of amides is 1. The number of imidazole rings is 1. The van der Waals surface area contributed by atoms with E-state index in [4.69, 9.17) is 9.72 Å². The molecular formula is C26H35N7O2. The van der Waals surface area contributed by atoms with E-state index in [1.807, 2.05) is 40.9 Å². The van der Waals surface area contributed by atoms with Crippen molar-refractivity contribution in [1.82, 2.24) is 34.1 Å². The first-order chi connectivity index (χ1) is 16.6. The normalized spacial score (nSPS) is 16.6. The minimum absolute atomic E-state index is 0.0544. The van der Waals surface area contributed by atoms with E-state index < -0.39 is 0 Å². The van der Waals surface area contributed by atoms with Gasteiger partial charge in [0.15, 0.2) is 5.82 Å². The van der Waals surface area contributed by atoms with E-state index in [1.54, 1.807) is 0 Å². The van der Waals surface area contributed by atoms with Gasteiger partial charge in [-0.25, -0.2) is 14.6 Å². The summed E-state index contributed by atoms with van der Waals surface area (Å²) in [4.78, 5) is 27.2. The van der Waals surface area contributed by atoms with E-state index in [1.165, 1.54) is 0 Å². The minimum atomic E-state index is 0.0544. The monoisotopic (exact) mass is 477 g/mol. The zero-order chi connectivity index (χ0) is 24.9. The number of benzene rings is 1. The van der Waals surface area contributed by atoms with Crippen LogP contribution in [0.2, 0.25) is 0 Å². The van der Waals surface area contributed by atoms with Gasteiger partial charge in [-0.1, -0.05) is 0 Å². The zero-order valence-corrected chi connectivity index (χ0v) is 21.6. The minimum Gasteiger partial charge on any atom is -0.491 e. The Morgan fingerprint density at radius 2 is 1.77 bits per heavy atom. The van der Waals surface area contributed by atoms with Gasteiger partial charge in [-0.2, -0.15) is 5.10 Å². The molecule has 5 rings (SSSR count). The first-order valence-corrected chi connectivity index (χ1v) is 12.4. The fourth-order valence-electron chi connectivity index (χ4n) is 4.85. The van der Waals surface area contributed by atoms with Crippen LogP contribution in [-0.4, -0.2) is 78.3 Å². The lowest BCUT2D eigenvalue weighted by molar-refractivity contribution is 0.0451. The van der Waals surface area contributed by atoms with Crippen LogP contribution in [0.3, 0.4) is 0 Å². The molecular weight excluding hydrogens is 442 g/mol. The third-order valence-electron chi connectivity index (χ3n) is 6.81. The molecule has 1 amide bonds. The Balaban J connectivity index is 1.41. The van der Waals surface area contributed by atoms with Gasteiger partial charge < -0.3 is 14.2 Å². The maximum Gasteiger partial charge on any atom is 0.254 e. The van der Waals surface area contributed by atoms with Gasteiger partial charge in [0.05, 0.1) is 12.1 Å². The number of nitrogens with zero attached hydrogens (tertiary/aromatic N) is 7. The quantitative estimate of drug-likeness (QED) is 0.573. The number of carbonyl (C=O) groups excluding carboxylic acids is 1. The van der Waals surface area contributed by atoms with Gasteiger partial charge in [0, 0.05) is 49.5 Å². The maximum atomic E-state index is 13.3. The molecule has 0 radical (unpaired) electrons. The highest BCUT2D eigenvalue weighted by Gasteiger charge is 2.29. The zero-order valence-electron chi connectivity index (χ0n) is 21.6. The molecule has 186 valence electrons. The molecule has 0 aliphatic carbocycles. The number of hydrogen-bond donors (Lipinski definition) is 0. The Morgan fingerprint density at radius 3 is 2.46 bits per heavy atom. The second-order valence-electron chi connectivity index (χ2n) is 10.7. The Kier molecular flexibility index (Phi) is 5.91. The molecule has 9 heteroatoms. The molecule has 2 aliphatic heterocycles. The number of ether oxygens (including phenoxy) is 1. The number of piperazine rings is 1. The third kappa shape index (κ3) is 4.45. The standard InChI is InChI=1S/C26H35N7O2/c1-17(2)33-24(27-18(3)29-33)21-16-31-13-14-35-22-15-19(7-8-20(22)23(31)28-21)25(34)30-9-11-32(12-10-30)26(4,5)6/h7-8,15-17H,9-14H2,1-6H3. The smallest absolute Gasteiger partial charge is 0.254 e. The van der Waals surface area contributed by atoms with Gasteiger partial charge in [-0.15, -0.1) is 0 Å². The van der Waals surface area contributed by atoms with E-state index in [0.717, 1.165) is 54.9 Å². The third-order valence-corrected chi connectivity index (χ3v) is 6.81. The summed E-state index contributed by atoms with van der Waals surface area (Å²) in [6, 6.07) is 5.91. The van der Waals surface area contributed by atoms with Crippen LogP contribution in [0.5, 0.6) is 5.75 Å². The van der Waals surface area contributed by atoms with E-state index in [-0.39, 0.29) is 17.5 Å². The predicted molar refractivity (Wildman–Crippen MR) is 135 cm³/mol. The van der Waals surface area contributed by atoms with Crippen molar-refractivity contribution in [2.45, 2.75) is 59.7 Å². The molecule has 35 heavy (non-hydrogen) atoms. The highest BCUT2D eigenvalue weighted by Crippen LogP contribution is 2.35. The van der Waals surface area contributed by atoms with E-state index in [2.05, 4.69) is 54.2 Å². The van der Waals surface area contributed by atoms with Crippen LogP contribution in [0, 0.1) is 6.92 Å². The van der Waals surface area contributed by atoms with Crippen molar-refractivity contribution < 1.29 is 9.53 Å². The second kappa shape index (κ2) is 8.78. The number of fused-ring (bicyclic) bond motifs is 3. The van der Waals surface area contributed by atoms with Crippen molar-refractivity contribution in [3.05, 3.63) is 35.8 Å². The number of aryl methyl sites for hydroxylation is 1. The summed E-state index contributed by atoms with van der Waals surface area (Å²) in [5, 5.41) is 4.54. The first-order valence-electron chi connectivity index (χ1n) is 12.4. The Morgan fingerprint density at radius 1 is 1.03 bits per heavy atom. The predicted octanol–water partition coefficient (Wildman–Crippen LogP) is 3.65. The molecule has 3 aromatic rings. The number of aromatic nitrogens is 5.